The molecule has 1 aliphatic rings. The zero-order valence-electron chi connectivity index (χ0n) is 12.6. The van der Waals surface area contributed by atoms with E-state index in [0.717, 1.165) is 29.2 Å². The number of nitrogens with zero attached hydrogens (tertiary/aromatic N) is 1. The van der Waals surface area contributed by atoms with Crippen molar-refractivity contribution in [3.8, 4) is 0 Å². The van der Waals surface area contributed by atoms with E-state index in [2.05, 4.69) is 5.32 Å². The van der Waals surface area contributed by atoms with E-state index in [1.165, 1.54) is 7.05 Å². The summed E-state index contributed by atoms with van der Waals surface area (Å²) in [7, 11) is -1.89. The van der Waals surface area contributed by atoms with Crippen molar-refractivity contribution >= 4 is 27.3 Å². The summed E-state index contributed by atoms with van der Waals surface area (Å²) in [6.45, 7) is 0. The molecule has 1 aromatic rings. The monoisotopic (exact) mass is 364 g/mol. The Bertz CT molecular complexity index is 744. The molecule has 2 rings (SSSR count). The number of hydrogen-bond acceptors (Lipinski definition) is 4. The lowest BCUT2D eigenvalue weighted by molar-refractivity contribution is -0.143. The van der Waals surface area contributed by atoms with Gasteiger partial charge in [0.05, 0.1) is 17.1 Å². The predicted octanol–water partition coefficient (Wildman–Crippen LogP) is 1.29. The maximum absolute atomic E-state index is 12.5. The number of benzene rings is 1. The molecule has 0 bridgehead atoms. The Morgan fingerprint density at radius 2 is 1.79 bits per heavy atom. The molecule has 6 nitrogen and oxygen atoms in total. The van der Waals surface area contributed by atoms with E-state index in [1.54, 1.807) is 0 Å². The molecule has 1 saturated heterocycles. The summed E-state index contributed by atoms with van der Waals surface area (Å²) in [5.74, 6) is -2.24. The van der Waals surface area contributed by atoms with Gasteiger partial charge in [-0.05, 0) is 30.7 Å². The normalized spacial score (nSPS) is 19.8. The number of amides is 2. The fourth-order valence-corrected chi connectivity index (χ4v) is 4.11. The molecule has 2 amide bonds. The number of nitrogens with one attached hydrogen (secondary N) is 1. The van der Waals surface area contributed by atoms with E-state index < -0.39 is 39.4 Å². The number of rotatable bonds is 2. The van der Waals surface area contributed by atoms with Crippen LogP contribution in [0.4, 0.5) is 18.9 Å². The molecule has 1 unspecified atom stereocenters. The second-order valence-corrected chi connectivity index (χ2v) is 7.73. The molecule has 0 aromatic heterocycles. The number of alkyl halides is 3. The topological polar surface area (TPSA) is 83.6 Å². The summed E-state index contributed by atoms with van der Waals surface area (Å²) in [5, 5.41) is 2.20. The van der Waals surface area contributed by atoms with Gasteiger partial charge in [0.15, 0.2) is 9.84 Å². The van der Waals surface area contributed by atoms with Gasteiger partial charge in [-0.15, -0.1) is 0 Å². The molecule has 0 radical (unpaired) electrons. The van der Waals surface area contributed by atoms with Gasteiger partial charge >= 0.3 is 18.0 Å². The molecule has 1 N–H and O–H groups in total. The summed E-state index contributed by atoms with van der Waals surface area (Å²) in [4.78, 5) is 24.9. The minimum absolute atomic E-state index is 0.0359. The Hall–Kier alpha value is -2.10. The standard InChI is InChI=1S/C14H15F3N2O4S/c1-19(11-6-7-24(22,23)8-11)13(21)12(20)18-10-4-2-9(3-5-10)14(15,16)17/h2-5,11H,6-8H2,1H3,(H,18,20). The van der Waals surface area contributed by atoms with Gasteiger partial charge < -0.3 is 10.2 Å². The van der Waals surface area contributed by atoms with Crippen molar-refractivity contribution in [3.63, 3.8) is 0 Å². The van der Waals surface area contributed by atoms with Gasteiger partial charge in [0.1, 0.15) is 0 Å². The van der Waals surface area contributed by atoms with Crippen molar-refractivity contribution < 1.29 is 31.2 Å². The molecule has 0 spiro atoms. The number of anilines is 1. The third-order valence-corrected chi connectivity index (χ3v) is 5.49. The number of halogens is 3. The smallest absolute Gasteiger partial charge is 0.333 e. The van der Waals surface area contributed by atoms with Crippen LogP contribution < -0.4 is 5.32 Å². The van der Waals surface area contributed by atoms with Crippen LogP contribution in [0.15, 0.2) is 24.3 Å². The molecule has 1 atom stereocenters. The quantitative estimate of drug-likeness (QED) is 0.802. The number of hydrogen-bond donors (Lipinski definition) is 1. The first-order valence-corrected chi connectivity index (χ1v) is 8.77. The van der Waals surface area contributed by atoms with E-state index in [4.69, 9.17) is 0 Å². The van der Waals surface area contributed by atoms with E-state index >= 15 is 0 Å². The van der Waals surface area contributed by atoms with E-state index in [1.807, 2.05) is 0 Å². The zero-order chi connectivity index (χ0) is 18.1. The highest BCUT2D eigenvalue weighted by Crippen LogP contribution is 2.29. The molecule has 0 saturated carbocycles. The molecule has 1 aliphatic heterocycles. The van der Waals surface area contributed by atoms with Crippen LogP contribution in [0.2, 0.25) is 0 Å². The molecular weight excluding hydrogens is 349 g/mol. The number of carbonyl (C=O) groups excluding carboxylic acids is 2. The highest BCUT2D eigenvalue weighted by atomic mass is 32.2. The summed E-state index contributed by atoms with van der Waals surface area (Å²) in [6.07, 6.45) is -4.25. The molecular formula is C14H15F3N2O4S. The highest BCUT2D eigenvalue weighted by molar-refractivity contribution is 7.91. The first kappa shape index (κ1) is 18.2. The zero-order valence-corrected chi connectivity index (χ0v) is 13.4. The number of sulfone groups is 1. The van der Waals surface area contributed by atoms with E-state index in [-0.39, 0.29) is 23.6 Å². The summed E-state index contributed by atoms with van der Waals surface area (Å²) in [5.41, 5.74) is -0.839. The molecule has 1 aromatic carbocycles. The minimum Gasteiger partial charge on any atom is -0.333 e. The minimum atomic E-state index is -4.49. The van der Waals surface area contributed by atoms with Crippen LogP contribution in [0.3, 0.4) is 0 Å². The van der Waals surface area contributed by atoms with E-state index in [0.29, 0.717) is 0 Å². The van der Waals surface area contributed by atoms with Gasteiger partial charge in [-0.2, -0.15) is 13.2 Å². The molecule has 1 heterocycles. The molecule has 0 aliphatic carbocycles. The van der Waals surface area contributed by atoms with Gasteiger partial charge in [0, 0.05) is 18.8 Å². The molecule has 1 fully saturated rings. The fraction of sp³-hybridized carbons (Fsp3) is 0.429. The van der Waals surface area contributed by atoms with Gasteiger partial charge in [-0.3, -0.25) is 9.59 Å². The van der Waals surface area contributed by atoms with Gasteiger partial charge in [-0.1, -0.05) is 0 Å². The van der Waals surface area contributed by atoms with Crippen LogP contribution in [0.5, 0.6) is 0 Å². The van der Waals surface area contributed by atoms with Crippen molar-refractivity contribution in [1.82, 2.24) is 4.90 Å². The van der Waals surface area contributed by atoms with Crippen LogP contribution in [-0.4, -0.2) is 49.7 Å². The first-order chi connectivity index (χ1) is 11.0. The van der Waals surface area contributed by atoms with Crippen LogP contribution in [0.25, 0.3) is 0 Å². The van der Waals surface area contributed by atoms with Gasteiger partial charge in [0.2, 0.25) is 0 Å². The number of carbonyl (C=O) groups is 2. The van der Waals surface area contributed by atoms with Crippen LogP contribution in [0.1, 0.15) is 12.0 Å². The Morgan fingerprint density at radius 3 is 2.25 bits per heavy atom. The lowest BCUT2D eigenvalue weighted by Crippen LogP contribution is -2.43. The second-order valence-electron chi connectivity index (χ2n) is 5.50. The van der Waals surface area contributed by atoms with E-state index in [9.17, 15) is 31.2 Å². The van der Waals surface area contributed by atoms with Crippen molar-refractivity contribution in [2.24, 2.45) is 0 Å². The Balaban J connectivity index is 2.00. The lowest BCUT2D eigenvalue weighted by Gasteiger charge is -2.22. The van der Waals surface area contributed by atoms with Gasteiger partial charge in [-0.25, -0.2) is 8.42 Å². The average Bonchev–Trinajstić information content (AvgIpc) is 2.85. The third kappa shape index (κ3) is 4.25. The van der Waals surface area contributed by atoms with Crippen molar-refractivity contribution in [2.75, 3.05) is 23.9 Å². The van der Waals surface area contributed by atoms with Crippen molar-refractivity contribution in [2.45, 2.75) is 18.6 Å². The summed E-state index contributed by atoms with van der Waals surface area (Å²) in [6, 6.07) is 3.06. The largest absolute Gasteiger partial charge is 0.416 e. The predicted molar refractivity (Wildman–Crippen MR) is 79.9 cm³/mol. The maximum atomic E-state index is 12.5. The molecule has 24 heavy (non-hydrogen) atoms. The maximum Gasteiger partial charge on any atom is 0.416 e. The van der Waals surface area contributed by atoms with Crippen molar-refractivity contribution in [3.05, 3.63) is 29.8 Å². The van der Waals surface area contributed by atoms with Crippen LogP contribution >= 0.6 is 0 Å². The summed E-state index contributed by atoms with van der Waals surface area (Å²) < 4.78 is 60.2. The second kappa shape index (κ2) is 6.42. The van der Waals surface area contributed by atoms with Crippen LogP contribution in [0, 0.1) is 0 Å². The lowest BCUT2D eigenvalue weighted by atomic mass is 10.2. The van der Waals surface area contributed by atoms with Crippen molar-refractivity contribution in [1.29, 1.82) is 0 Å². The Morgan fingerprint density at radius 1 is 1.21 bits per heavy atom. The molecule has 10 heteroatoms. The average molecular weight is 364 g/mol. The Labute approximate surface area is 136 Å². The fourth-order valence-electron chi connectivity index (χ4n) is 2.33. The van der Waals surface area contributed by atoms with Gasteiger partial charge in [0.25, 0.3) is 0 Å². The molecule has 132 valence electrons. The summed E-state index contributed by atoms with van der Waals surface area (Å²) >= 11 is 0. The Kier molecular flexibility index (Phi) is 4.88. The first-order valence-electron chi connectivity index (χ1n) is 6.95. The number of likely N-dealkylation sites (N-methyl/N-ethyl adjacent to an activating group) is 1. The van der Waals surface area contributed by atoms with Crippen LogP contribution in [-0.2, 0) is 25.6 Å². The SMILES string of the molecule is CN(C(=O)C(=O)Nc1ccc(C(F)(F)F)cc1)C1CCS(=O)(=O)C1. The third-order valence-electron chi connectivity index (χ3n) is 3.74. The highest BCUT2D eigenvalue weighted by Gasteiger charge is 2.35.